The number of rotatable bonds is 11. The third-order valence-corrected chi connectivity index (χ3v) is 14.9. The quantitative estimate of drug-likeness (QED) is 0.398. The Morgan fingerprint density at radius 2 is 1.04 bits per heavy atom. The van der Waals surface area contributed by atoms with Crippen LogP contribution in [0, 0.1) is 0 Å². The Balaban J connectivity index is 5.61. The van der Waals surface area contributed by atoms with Crippen LogP contribution in [0.15, 0.2) is 0 Å². The fourth-order valence-corrected chi connectivity index (χ4v) is 16.6. The maximum Gasteiger partial charge on any atom is 0.487 e. The van der Waals surface area contributed by atoms with Gasteiger partial charge in [-0.15, -0.1) is 0 Å². The van der Waals surface area contributed by atoms with Gasteiger partial charge in [0.2, 0.25) is 0 Å². The van der Waals surface area contributed by atoms with E-state index in [2.05, 4.69) is 65.8 Å². The van der Waals surface area contributed by atoms with Crippen molar-refractivity contribution in [1.29, 1.82) is 0 Å². The van der Waals surface area contributed by atoms with Crippen LogP contribution < -0.4 is 5.73 Å². The van der Waals surface area contributed by atoms with Gasteiger partial charge in [-0.3, -0.25) is 0 Å². The van der Waals surface area contributed by atoms with Gasteiger partial charge in [0.05, 0.1) is 5.67 Å². The molecule has 8 heteroatoms. The average Bonchev–Trinajstić information content (AvgIpc) is 2.21. The summed E-state index contributed by atoms with van der Waals surface area (Å²) in [5, 5.41) is 0. The molecule has 1 unspecified atom stereocenters. The van der Waals surface area contributed by atoms with Gasteiger partial charge < -0.3 is 18.1 Å². The van der Waals surface area contributed by atoms with Crippen LogP contribution in [0.25, 0.3) is 0 Å². The molecular formula is C15H41NO3Si4. The second kappa shape index (κ2) is 8.88. The minimum atomic E-state index is -2.89. The normalized spacial score (nSPS) is 15.8. The van der Waals surface area contributed by atoms with Crippen molar-refractivity contribution in [2.75, 3.05) is 0 Å². The first-order chi connectivity index (χ1) is 10.1. The van der Waals surface area contributed by atoms with E-state index >= 15 is 0 Å². The van der Waals surface area contributed by atoms with Crippen molar-refractivity contribution in [1.82, 2.24) is 0 Å². The lowest BCUT2D eigenvalue weighted by Crippen LogP contribution is -2.69. The van der Waals surface area contributed by atoms with Crippen LogP contribution >= 0.6 is 0 Å². The summed E-state index contributed by atoms with van der Waals surface area (Å²) in [6.07, 6.45) is 4.44. The van der Waals surface area contributed by atoms with E-state index in [-0.39, 0.29) is 5.67 Å². The number of hydrogen-bond acceptors (Lipinski definition) is 4. The molecule has 23 heavy (non-hydrogen) atoms. The van der Waals surface area contributed by atoms with Crippen LogP contribution in [0.3, 0.4) is 0 Å². The molecule has 0 bridgehead atoms. The van der Waals surface area contributed by atoms with E-state index in [9.17, 15) is 0 Å². The molecule has 0 aliphatic rings. The van der Waals surface area contributed by atoms with Crippen molar-refractivity contribution in [2.24, 2.45) is 5.73 Å². The topological polar surface area (TPSA) is 53.7 Å². The summed E-state index contributed by atoms with van der Waals surface area (Å²) < 4.78 is 19.9. The van der Waals surface area contributed by atoms with Crippen LogP contribution in [-0.2, 0) is 12.3 Å². The number of hydrogen-bond donors (Lipinski definition) is 1. The lowest BCUT2D eigenvalue weighted by Gasteiger charge is -2.45. The van der Waals surface area contributed by atoms with Gasteiger partial charge in [-0.1, -0.05) is 26.2 Å². The fraction of sp³-hybridized carbons (Fsp3) is 1.00. The van der Waals surface area contributed by atoms with Crippen LogP contribution in [-0.4, -0.2) is 39.4 Å². The highest BCUT2D eigenvalue weighted by Gasteiger charge is 2.54. The van der Waals surface area contributed by atoms with Gasteiger partial charge in [0.25, 0.3) is 0 Å². The number of nitrogens with two attached hydrogens (primary N) is 1. The molecule has 0 fully saturated rings. The molecule has 0 saturated carbocycles. The molecule has 0 amide bonds. The Morgan fingerprint density at radius 3 is 1.30 bits per heavy atom. The van der Waals surface area contributed by atoms with Crippen LogP contribution in [0.4, 0.5) is 0 Å². The maximum absolute atomic E-state index is 6.67. The summed E-state index contributed by atoms with van der Waals surface area (Å²) in [6.45, 7) is 22.0. The van der Waals surface area contributed by atoms with Gasteiger partial charge >= 0.3 is 8.80 Å². The average molecular weight is 396 g/mol. The van der Waals surface area contributed by atoms with Gasteiger partial charge in [-0.05, 0) is 65.3 Å². The molecule has 0 aromatic heterocycles. The van der Waals surface area contributed by atoms with E-state index in [1.807, 2.05) is 0 Å². The minimum absolute atomic E-state index is 0.112. The molecule has 0 spiro atoms. The standard InChI is InChI=1S/C15H41NO3Si4/c1-11-12-13-14-15(16)23(17-20(2,3)4,18-21(5,6)7)19-22(8,9)10/h15H,11-14,16H2,1-10H3. The first-order valence-electron chi connectivity index (χ1n) is 8.96. The molecule has 0 aliphatic carbocycles. The van der Waals surface area contributed by atoms with Crippen molar-refractivity contribution in [3.63, 3.8) is 0 Å². The Bertz CT molecular complexity index is 307. The predicted octanol–water partition coefficient (Wildman–Crippen LogP) is 4.93. The second-order valence-electron chi connectivity index (χ2n) is 9.35. The molecule has 140 valence electrons. The molecule has 0 aromatic rings. The highest BCUT2D eigenvalue weighted by Crippen LogP contribution is 2.29. The Labute approximate surface area is 149 Å². The van der Waals surface area contributed by atoms with Gasteiger partial charge in [0.15, 0.2) is 25.0 Å². The van der Waals surface area contributed by atoms with E-state index in [4.69, 9.17) is 18.1 Å². The number of unbranched alkanes of at least 4 members (excludes halogenated alkanes) is 2. The molecule has 0 aliphatic heterocycles. The SMILES string of the molecule is CCCCCC(N)[Si](O[Si](C)(C)C)(O[Si](C)(C)C)O[Si](C)(C)C. The first-order valence-corrected chi connectivity index (χ1v) is 21.0. The summed E-state index contributed by atoms with van der Waals surface area (Å²) >= 11 is 0. The molecule has 0 heterocycles. The summed E-state index contributed by atoms with van der Waals surface area (Å²) in [4.78, 5) is 0. The summed E-state index contributed by atoms with van der Waals surface area (Å²) in [7, 11) is -8.37. The van der Waals surface area contributed by atoms with Crippen molar-refractivity contribution in [3.05, 3.63) is 0 Å². The van der Waals surface area contributed by atoms with E-state index in [0.717, 1.165) is 12.8 Å². The molecule has 2 N–H and O–H groups in total. The molecule has 0 aromatic carbocycles. The molecule has 0 rings (SSSR count). The van der Waals surface area contributed by atoms with Crippen molar-refractivity contribution in [3.8, 4) is 0 Å². The van der Waals surface area contributed by atoms with Crippen LogP contribution in [0.1, 0.15) is 32.6 Å². The molecular weight excluding hydrogens is 355 g/mol. The highest BCUT2D eigenvalue weighted by atomic mass is 28.5. The van der Waals surface area contributed by atoms with Gasteiger partial charge in [-0.2, -0.15) is 0 Å². The Hall–Kier alpha value is 0.708. The van der Waals surface area contributed by atoms with Crippen molar-refractivity contribution in [2.45, 2.75) is 97.2 Å². The summed E-state index contributed by atoms with van der Waals surface area (Å²) in [5.41, 5.74) is 6.56. The zero-order valence-corrected chi connectivity index (χ0v) is 21.2. The van der Waals surface area contributed by atoms with Crippen molar-refractivity contribution < 1.29 is 12.3 Å². The smallest absolute Gasteiger partial charge is 0.416 e. The lowest BCUT2D eigenvalue weighted by atomic mass is 10.2. The minimum Gasteiger partial charge on any atom is -0.416 e. The van der Waals surface area contributed by atoms with Crippen molar-refractivity contribution >= 4 is 33.8 Å². The maximum atomic E-state index is 6.67. The third kappa shape index (κ3) is 11.0. The third-order valence-electron chi connectivity index (χ3n) is 2.92. The largest absolute Gasteiger partial charge is 0.487 e. The monoisotopic (exact) mass is 395 g/mol. The van der Waals surface area contributed by atoms with E-state index in [1.54, 1.807) is 0 Å². The van der Waals surface area contributed by atoms with Gasteiger partial charge in [0, 0.05) is 0 Å². The zero-order chi connectivity index (χ0) is 18.5. The van der Waals surface area contributed by atoms with E-state index < -0.39 is 33.8 Å². The fourth-order valence-electron chi connectivity index (χ4n) is 2.36. The second-order valence-corrected chi connectivity index (χ2v) is 26.4. The lowest BCUT2D eigenvalue weighted by molar-refractivity contribution is 0.232. The highest BCUT2D eigenvalue weighted by molar-refractivity contribution is 6.90. The summed E-state index contributed by atoms with van der Waals surface area (Å²) in [5.74, 6) is 0. The molecule has 1 atom stereocenters. The molecule has 0 radical (unpaired) electrons. The first kappa shape index (κ1) is 23.7. The van der Waals surface area contributed by atoms with E-state index in [0.29, 0.717) is 0 Å². The predicted molar refractivity (Wildman–Crippen MR) is 111 cm³/mol. The van der Waals surface area contributed by atoms with Crippen LogP contribution in [0.2, 0.25) is 58.9 Å². The summed E-state index contributed by atoms with van der Waals surface area (Å²) in [6, 6.07) is 0. The molecule has 4 nitrogen and oxygen atoms in total. The van der Waals surface area contributed by atoms with Crippen LogP contribution in [0.5, 0.6) is 0 Å². The zero-order valence-electron chi connectivity index (χ0n) is 17.2. The van der Waals surface area contributed by atoms with E-state index in [1.165, 1.54) is 12.8 Å². The van der Waals surface area contributed by atoms with Gasteiger partial charge in [0.1, 0.15) is 0 Å². The van der Waals surface area contributed by atoms with Gasteiger partial charge in [-0.25, -0.2) is 0 Å². The molecule has 0 saturated heterocycles. The Morgan fingerprint density at radius 1 is 0.696 bits per heavy atom. The Kier molecular flexibility index (Phi) is 9.16.